The van der Waals surface area contributed by atoms with Crippen molar-refractivity contribution in [1.29, 1.82) is 0 Å². The van der Waals surface area contributed by atoms with Crippen LogP contribution in [0.1, 0.15) is 16.3 Å². The Bertz CT molecular complexity index is 374. The Kier molecular flexibility index (Phi) is 3.26. The van der Waals surface area contributed by atoms with Gasteiger partial charge in [-0.2, -0.15) is 0 Å². The van der Waals surface area contributed by atoms with Crippen LogP contribution in [0.4, 0.5) is 0 Å². The van der Waals surface area contributed by atoms with Crippen molar-refractivity contribution >= 4 is 5.91 Å². The molecule has 0 radical (unpaired) electrons. The average molecular weight is 225 g/mol. The summed E-state index contributed by atoms with van der Waals surface area (Å²) in [5.74, 6) is 0.838. The third-order valence-corrected chi connectivity index (χ3v) is 2.65. The Labute approximate surface area is 93.6 Å². The molecule has 1 unspecified atom stereocenters. The second-order valence-corrected chi connectivity index (χ2v) is 3.82. The van der Waals surface area contributed by atoms with E-state index in [1.807, 2.05) is 0 Å². The Balaban J connectivity index is 2.13. The van der Waals surface area contributed by atoms with Crippen LogP contribution in [0.2, 0.25) is 0 Å². The molecule has 0 spiro atoms. The number of aliphatic hydroxyl groups is 1. The molecule has 5 heteroatoms. The van der Waals surface area contributed by atoms with Crippen LogP contribution in [0, 0.1) is 6.92 Å². The zero-order chi connectivity index (χ0) is 11.5. The monoisotopic (exact) mass is 225 g/mol. The summed E-state index contributed by atoms with van der Waals surface area (Å²) in [7, 11) is 0. The van der Waals surface area contributed by atoms with Crippen LogP contribution < -0.4 is 0 Å². The second kappa shape index (κ2) is 4.67. The fourth-order valence-electron chi connectivity index (χ4n) is 1.76. The molecule has 5 nitrogen and oxygen atoms in total. The molecule has 0 aromatic carbocycles. The van der Waals surface area contributed by atoms with E-state index in [1.54, 1.807) is 24.0 Å². The van der Waals surface area contributed by atoms with Gasteiger partial charge in [-0.1, -0.05) is 0 Å². The minimum Gasteiger partial charge on any atom is -0.456 e. The lowest BCUT2D eigenvalue weighted by Gasteiger charge is -2.33. The number of ether oxygens (including phenoxy) is 1. The lowest BCUT2D eigenvalue weighted by atomic mass is 10.2. The van der Waals surface area contributed by atoms with Crippen molar-refractivity contribution in [3.63, 3.8) is 0 Å². The third kappa shape index (κ3) is 2.10. The normalized spacial score (nSPS) is 21.1. The number of hydrogen-bond donors (Lipinski definition) is 1. The molecule has 1 saturated heterocycles. The maximum atomic E-state index is 12.0. The van der Waals surface area contributed by atoms with Crippen LogP contribution >= 0.6 is 0 Å². The molecular formula is C11H15NO4. The van der Waals surface area contributed by atoms with Crippen molar-refractivity contribution in [1.82, 2.24) is 4.90 Å². The molecule has 16 heavy (non-hydrogen) atoms. The van der Waals surface area contributed by atoms with Gasteiger partial charge < -0.3 is 19.2 Å². The molecule has 1 atom stereocenters. The van der Waals surface area contributed by atoms with E-state index in [0.717, 1.165) is 0 Å². The number of hydrogen-bond acceptors (Lipinski definition) is 4. The summed E-state index contributed by atoms with van der Waals surface area (Å²) in [5, 5.41) is 9.16. The molecule has 0 bridgehead atoms. The standard InChI is InChI=1S/C11H15NO4/c1-8-2-3-10(16-8)11(14)12-4-5-15-7-9(12)6-13/h2-3,9,13H,4-7H2,1H3. The van der Waals surface area contributed by atoms with Crippen LogP contribution in [0.15, 0.2) is 16.5 Å². The molecule has 1 aromatic heterocycles. The molecule has 2 rings (SSSR count). The largest absolute Gasteiger partial charge is 0.456 e. The van der Waals surface area contributed by atoms with Crippen LogP contribution in [0.5, 0.6) is 0 Å². The van der Waals surface area contributed by atoms with Gasteiger partial charge in [-0.05, 0) is 19.1 Å². The van der Waals surface area contributed by atoms with Crippen LogP contribution in [-0.4, -0.2) is 48.3 Å². The molecule has 0 aliphatic carbocycles. The van der Waals surface area contributed by atoms with Gasteiger partial charge in [0.1, 0.15) is 5.76 Å². The number of aliphatic hydroxyl groups excluding tert-OH is 1. The Morgan fingerprint density at radius 1 is 1.62 bits per heavy atom. The Morgan fingerprint density at radius 3 is 3.06 bits per heavy atom. The number of furan rings is 1. The van der Waals surface area contributed by atoms with Crippen molar-refractivity contribution < 1.29 is 19.1 Å². The summed E-state index contributed by atoms with van der Waals surface area (Å²) in [4.78, 5) is 13.6. The molecule has 1 aliphatic heterocycles. The first-order valence-electron chi connectivity index (χ1n) is 5.28. The van der Waals surface area contributed by atoms with Gasteiger partial charge in [-0.3, -0.25) is 4.79 Å². The topological polar surface area (TPSA) is 62.9 Å². The molecule has 1 fully saturated rings. The van der Waals surface area contributed by atoms with Crippen molar-refractivity contribution in [2.24, 2.45) is 0 Å². The number of rotatable bonds is 2. The molecule has 1 aromatic rings. The van der Waals surface area contributed by atoms with Crippen LogP contribution in [0.25, 0.3) is 0 Å². The van der Waals surface area contributed by atoms with E-state index in [9.17, 15) is 4.79 Å². The maximum Gasteiger partial charge on any atom is 0.290 e. The van der Waals surface area contributed by atoms with Crippen molar-refractivity contribution in [2.75, 3.05) is 26.4 Å². The third-order valence-electron chi connectivity index (χ3n) is 2.65. The number of amides is 1. The maximum absolute atomic E-state index is 12.0. The van der Waals surface area contributed by atoms with Gasteiger partial charge in [-0.15, -0.1) is 0 Å². The summed E-state index contributed by atoms with van der Waals surface area (Å²) in [5.41, 5.74) is 0. The number of carbonyl (C=O) groups is 1. The fraction of sp³-hybridized carbons (Fsp3) is 0.545. The molecule has 88 valence electrons. The van der Waals surface area contributed by atoms with E-state index in [2.05, 4.69) is 0 Å². The lowest BCUT2D eigenvalue weighted by Crippen LogP contribution is -2.50. The minimum absolute atomic E-state index is 0.0918. The van der Waals surface area contributed by atoms with E-state index in [0.29, 0.717) is 31.3 Å². The summed E-state index contributed by atoms with van der Waals surface area (Å²) >= 11 is 0. The van der Waals surface area contributed by atoms with E-state index < -0.39 is 0 Å². The molecule has 1 amide bonds. The van der Waals surface area contributed by atoms with E-state index in [4.69, 9.17) is 14.3 Å². The summed E-state index contributed by atoms with van der Waals surface area (Å²) in [6.45, 7) is 3.07. The van der Waals surface area contributed by atoms with Crippen molar-refractivity contribution in [3.8, 4) is 0 Å². The van der Waals surface area contributed by atoms with Gasteiger partial charge in [-0.25, -0.2) is 0 Å². The smallest absolute Gasteiger partial charge is 0.290 e. The highest BCUT2D eigenvalue weighted by molar-refractivity contribution is 5.91. The van der Waals surface area contributed by atoms with Gasteiger partial charge in [0.05, 0.1) is 25.9 Å². The molecule has 2 heterocycles. The van der Waals surface area contributed by atoms with Gasteiger partial charge in [0.25, 0.3) is 5.91 Å². The van der Waals surface area contributed by atoms with Crippen LogP contribution in [-0.2, 0) is 4.74 Å². The van der Waals surface area contributed by atoms with Gasteiger partial charge in [0, 0.05) is 6.54 Å². The Hall–Kier alpha value is -1.33. The predicted molar refractivity (Wildman–Crippen MR) is 56.2 cm³/mol. The van der Waals surface area contributed by atoms with E-state index in [1.165, 1.54) is 0 Å². The fourth-order valence-corrected chi connectivity index (χ4v) is 1.76. The van der Waals surface area contributed by atoms with Crippen molar-refractivity contribution in [2.45, 2.75) is 13.0 Å². The van der Waals surface area contributed by atoms with E-state index >= 15 is 0 Å². The van der Waals surface area contributed by atoms with E-state index in [-0.39, 0.29) is 18.6 Å². The van der Waals surface area contributed by atoms with Crippen molar-refractivity contribution in [3.05, 3.63) is 23.7 Å². The van der Waals surface area contributed by atoms with Crippen LogP contribution in [0.3, 0.4) is 0 Å². The molecule has 1 aliphatic rings. The quantitative estimate of drug-likeness (QED) is 0.792. The number of carbonyl (C=O) groups excluding carboxylic acids is 1. The Morgan fingerprint density at radius 2 is 2.44 bits per heavy atom. The molecule has 0 saturated carbocycles. The minimum atomic E-state index is -0.272. The zero-order valence-electron chi connectivity index (χ0n) is 9.18. The first kappa shape index (κ1) is 11.2. The average Bonchev–Trinajstić information content (AvgIpc) is 2.75. The predicted octanol–water partition coefficient (Wildman–Crippen LogP) is 0.421. The summed E-state index contributed by atoms with van der Waals surface area (Å²) < 4.78 is 10.5. The lowest BCUT2D eigenvalue weighted by molar-refractivity contribution is -0.0197. The number of morpholine rings is 1. The second-order valence-electron chi connectivity index (χ2n) is 3.82. The molecule has 1 N–H and O–H groups in total. The first-order chi connectivity index (χ1) is 7.72. The van der Waals surface area contributed by atoms with Gasteiger partial charge >= 0.3 is 0 Å². The highest BCUT2D eigenvalue weighted by Crippen LogP contribution is 2.14. The SMILES string of the molecule is Cc1ccc(C(=O)N2CCOCC2CO)o1. The summed E-state index contributed by atoms with van der Waals surface area (Å²) in [6.07, 6.45) is 0. The first-order valence-corrected chi connectivity index (χ1v) is 5.28. The number of nitrogens with zero attached hydrogens (tertiary/aromatic N) is 1. The summed E-state index contributed by atoms with van der Waals surface area (Å²) in [6, 6.07) is 3.13. The van der Waals surface area contributed by atoms with Gasteiger partial charge in [0.2, 0.25) is 0 Å². The van der Waals surface area contributed by atoms with Gasteiger partial charge in [0.15, 0.2) is 5.76 Å². The molecular weight excluding hydrogens is 210 g/mol. The number of aryl methyl sites for hydroxylation is 1. The highest BCUT2D eigenvalue weighted by atomic mass is 16.5. The zero-order valence-corrected chi connectivity index (χ0v) is 9.18. The highest BCUT2D eigenvalue weighted by Gasteiger charge is 2.28.